The second kappa shape index (κ2) is 5.85. The van der Waals surface area contributed by atoms with Crippen LogP contribution < -0.4 is 0 Å². The molecule has 0 spiro atoms. The Morgan fingerprint density at radius 1 is 1.29 bits per heavy atom. The molecule has 0 amide bonds. The van der Waals surface area contributed by atoms with E-state index in [-0.39, 0.29) is 0 Å². The summed E-state index contributed by atoms with van der Waals surface area (Å²) in [5, 5.41) is 0.882. The van der Waals surface area contributed by atoms with Crippen LogP contribution in [-0.2, 0) is 6.54 Å². The molecule has 0 saturated carbocycles. The van der Waals surface area contributed by atoms with Crippen molar-refractivity contribution in [2.45, 2.75) is 25.4 Å². The number of hydrogen-bond donors (Lipinski definition) is 0. The lowest BCUT2D eigenvalue weighted by molar-refractivity contribution is 0.139. The highest BCUT2D eigenvalue weighted by molar-refractivity contribution is 6.31. The molecule has 1 aliphatic rings. The Balaban J connectivity index is 1.93. The molecule has 2 nitrogen and oxygen atoms in total. The molecule has 1 aliphatic heterocycles. The fourth-order valence-corrected chi connectivity index (χ4v) is 2.66. The van der Waals surface area contributed by atoms with Crippen LogP contribution in [0.4, 0.5) is 0 Å². The average molecular weight is 253 g/mol. The molecule has 0 aliphatic carbocycles. The maximum absolute atomic E-state index is 6.20. The second-order valence-corrected chi connectivity index (χ2v) is 5.45. The maximum atomic E-state index is 6.20. The van der Waals surface area contributed by atoms with Crippen LogP contribution in [0.3, 0.4) is 0 Å². The smallest absolute Gasteiger partial charge is 0.0451 e. The first kappa shape index (κ1) is 12.9. The highest BCUT2D eigenvalue weighted by atomic mass is 35.5. The predicted octanol–water partition coefficient (Wildman–Crippen LogP) is 2.87. The molecule has 0 atom stereocenters. The molecular weight excluding hydrogens is 232 g/mol. The van der Waals surface area contributed by atoms with E-state index in [4.69, 9.17) is 11.6 Å². The number of piperidine rings is 1. The number of benzene rings is 1. The van der Waals surface area contributed by atoms with Gasteiger partial charge in [0.1, 0.15) is 0 Å². The molecule has 1 fully saturated rings. The summed E-state index contributed by atoms with van der Waals surface area (Å²) in [5.41, 5.74) is 1.23. The molecule has 94 valence electrons. The number of likely N-dealkylation sites (tertiary alicyclic amines) is 1. The Labute approximate surface area is 109 Å². The van der Waals surface area contributed by atoms with Crippen LogP contribution >= 0.6 is 11.6 Å². The van der Waals surface area contributed by atoms with Gasteiger partial charge in [0, 0.05) is 17.6 Å². The fourth-order valence-electron chi connectivity index (χ4n) is 2.46. The molecular formula is C14H21ClN2. The lowest BCUT2D eigenvalue weighted by Gasteiger charge is -2.35. The Kier molecular flexibility index (Phi) is 4.43. The average Bonchev–Trinajstić information content (AvgIpc) is 2.33. The highest BCUT2D eigenvalue weighted by Gasteiger charge is 2.20. The predicted molar refractivity (Wildman–Crippen MR) is 73.4 cm³/mol. The fraction of sp³-hybridized carbons (Fsp3) is 0.571. The normalized spacial score (nSPS) is 18.8. The zero-order valence-electron chi connectivity index (χ0n) is 10.7. The topological polar surface area (TPSA) is 6.48 Å². The third kappa shape index (κ3) is 3.44. The molecule has 1 heterocycles. The summed E-state index contributed by atoms with van der Waals surface area (Å²) in [5.74, 6) is 0. The van der Waals surface area contributed by atoms with E-state index in [0.29, 0.717) is 6.04 Å². The maximum Gasteiger partial charge on any atom is 0.0451 e. The summed E-state index contributed by atoms with van der Waals surface area (Å²) >= 11 is 6.20. The van der Waals surface area contributed by atoms with E-state index < -0.39 is 0 Å². The van der Waals surface area contributed by atoms with Gasteiger partial charge in [0.25, 0.3) is 0 Å². The van der Waals surface area contributed by atoms with Crippen LogP contribution in [0.25, 0.3) is 0 Å². The zero-order chi connectivity index (χ0) is 12.3. The molecule has 0 unspecified atom stereocenters. The monoisotopic (exact) mass is 252 g/mol. The van der Waals surface area contributed by atoms with Crippen LogP contribution in [0, 0.1) is 0 Å². The summed E-state index contributed by atoms with van der Waals surface area (Å²) in [6.07, 6.45) is 2.52. The molecule has 0 N–H and O–H groups in total. The zero-order valence-corrected chi connectivity index (χ0v) is 11.5. The highest BCUT2D eigenvalue weighted by Crippen LogP contribution is 2.20. The summed E-state index contributed by atoms with van der Waals surface area (Å²) in [6.45, 7) is 3.36. The minimum Gasteiger partial charge on any atom is -0.306 e. The molecule has 1 saturated heterocycles. The third-order valence-corrected chi connectivity index (χ3v) is 4.06. The minimum absolute atomic E-state index is 0.697. The number of hydrogen-bond acceptors (Lipinski definition) is 2. The Morgan fingerprint density at radius 3 is 2.59 bits per heavy atom. The van der Waals surface area contributed by atoms with Crippen LogP contribution in [0.1, 0.15) is 18.4 Å². The first-order valence-electron chi connectivity index (χ1n) is 6.29. The Bertz CT molecular complexity index is 359. The van der Waals surface area contributed by atoms with Crippen molar-refractivity contribution in [3.8, 4) is 0 Å². The van der Waals surface area contributed by atoms with Gasteiger partial charge in [-0.15, -0.1) is 0 Å². The molecule has 0 radical (unpaired) electrons. The summed E-state index contributed by atoms with van der Waals surface area (Å²) < 4.78 is 0. The van der Waals surface area contributed by atoms with Gasteiger partial charge in [0.05, 0.1) is 0 Å². The first-order chi connectivity index (χ1) is 8.16. The van der Waals surface area contributed by atoms with Crippen molar-refractivity contribution in [1.82, 2.24) is 9.80 Å². The summed E-state index contributed by atoms with van der Waals surface area (Å²) in [6, 6.07) is 8.83. The van der Waals surface area contributed by atoms with Gasteiger partial charge in [0.15, 0.2) is 0 Å². The van der Waals surface area contributed by atoms with Crippen molar-refractivity contribution >= 4 is 11.6 Å². The molecule has 1 aromatic carbocycles. The van der Waals surface area contributed by atoms with Crippen molar-refractivity contribution in [3.63, 3.8) is 0 Å². The van der Waals surface area contributed by atoms with Crippen molar-refractivity contribution in [3.05, 3.63) is 34.9 Å². The number of halogens is 1. The lowest BCUT2D eigenvalue weighted by atomic mass is 10.0. The van der Waals surface area contributed by atoms with Gasteiger partial charge in [-0.25, -0.2) is 0 Å². The van der Waals surface area contributed by atoms with Gasteiger partial charge in [-0.3, -0.25) is 4.90 Å². The largest absolute Gasteiger partial charge is 0.306 e. The molecule has 0 aromatic heterocycles. The molecule has 17 heavy (non-hydrogen) atoms. The van der Waals surface area contributed by atoms with E-state index in [9.17, 15) is 0 Å². The van der Waals surface area contributed by atoms with E-state index >= 15 is 0 Å². The Hall–Kier alpha value is -0.570. The van der Waals surface area contributed by atoms with E-state index in [0.717, 1.165) is 11.6 Å². The lowest BCUT2D eigenvalue weighted by Crippen LogP contribution is -2.41. The van der Waals surface area contributed by atoms with E-state index in [1.807, 2.05) is 12.1 Å². The molecule has 2 rings (SSSR count). The van der Waals surface area contributed by atoms with Crippen LogP contribution in [0.5, 0.6) is 0 Å². The molecule has 1 aromatic rings. The van der Waals surface area contributed by atoms with Gasteiger partial charge in [-0.1, -0.05) is 29.8 Å². The quantitative estimate of drug-likeness (QED) is 0.816. The number of rotatable bonds is 3. The minimum atomic E-state index is 0.697. The standard InChI is InChI=1S/C14H21ClN2/c1-16-9-7-13(8-10-16)17(2)11-12-5-3-4-6-14(12)15/h3-6,13H,7-11H2,1-2H3. The van der Waals surface area contributed by atoms with E-state index in [1.165, 1.54) is 31.5 Å². The summed E-state index contributed by atoms with van der Waals surface area (Å²) in [7, 11) is 4.41. The third-order valence-electron chi connectivity index (χ3n) is 3.69. The van der Waals surface area contributed by atoms with Gasteiger partial charge in [0.2, 0.25) is 0 Å². The van der Waals surface area contributed by atoms with Crippen LogP contribution in [0.15, 0.2) is 24.3 Å². The van der Waals surface area contributed by atoms with Gasteiger partial charge in [-0.05, 0) is 51.7 Å². The van der Waals surface area contributed by atoms with Crippen molar-refractivity contribution in [2.75, 3.05) is 27.2 Å². The summed E-state index contributed by atoms with van der Waals surface area (Å²) in [4.78, 5) is 4.84. The Morgan fingerprint density at radius 2 is 1.94 bits per heavy atom. The SMILES string of the molecule is CN1CCC(N(C)Cc2ccccc2Cl)CC1. The second-order valence-electron chi connectivity index (χ2n) is 5.04. The van der Waals surface area contributed by atoms with Crippen LogP contribution in [0.2, 0.25) is 5.02 Å². The van der Waals surface area contributed by atoms with Gasteiger partial charge in [-0.2, -0.15) is 0 Å². The van der Waals surface area contributed by atoms with Crippen molar-refractivity contribution < 1.29 is 0 Å². The van der Waals surface area contributed by atoms with E-state index in [2.05, 4.69) is 36.0 Å². The van der Waals surface area contributed by atoms with Crippen molar-refractivity contribution in [2.24, 2.45) is 0 Å². The molecule has 3 heteroatoms. The van der Waals surface area contributed by atoms with Crippen molar-refractivity contribution in [1.29, 1.82) is 0 Å². The van der Waals surface area contributed by atoms with Gasteiger partial charge >= 0.3 is 0 Å². The molecule has 0 bridgehead atoms. The number of nitrogens with zero attached hydrogens (tertiary/aromatic N) is 2. The van der Waals surface area contributed by atoms with Crippen LogP contribution in [-0.4, -0.2) is 43.0 Å². The first-order valence-corrected chi connectivity index (χ1v) is 6.67. The van der Waals surface area contributed by atoms with E-state index in [1.54, 1.807) is 0 Å². The van der Waals surface area contributed by atoms with Gasteiger partial charge < -0.3 is 4.90 Å².